The number of nitrogens with two attached hydrogens (primary N) is 1. The maximum Gasteiger partial charge on any atom is 0.435 e. The van der Waals surface area contributed by atoms with E-state index in [0.29, 0.717) is 6.42 Å². The lowest BCUT2D eigenvalue weighted by atomic mass is 10.1. The van der Waals surface area contributed by atoms with E-state index in [0.717, 1.165) is 24.7 Å². The van der Waals surface area contributed by atoms with Gasteiger partial charge >= 0.3 is 12.4 Å². The lowest BCUT2D eigenvalue weighted by molar-refractivity contribution is -0.140. The molecule has 2 unspecified atom stereocenters. The fourth-order valence-corrected chi connectivity index (χ4v) is 3.64. The summed E-state index contributed by atoms with van der Waals surface area (Å²) in [6, 6.07) is 4.84. The van der Waals surface area contributed by atoms with Crippen LogP contribution >= 0.6 is 0 Å². The van der Waals surface area contributed by atoms with Crippen molar-refractivity contribution in [2.75, 3.05) is 23.3 Å². The van der Waals surface area contributed by atoms with Crippen molar-refractivity contribution in [3.63, 3.8) is 0 Å². The molecular weight excluding hydrogens is 494 g/mol. The summed E-state index contributed by atoms with van der Waals surface area (Å²) in [5, 5.41) is 12.0. The second kappa shape index (κ2) is 10.5. The Morgan fingerprint density at radius 2 is 1.97 bits per heavy atom. The number of aromatic nitrogens is 2. The van der Waals surface area contributed by atoms with Gasteiger partial charge in [-0.1, -0.05) is 6.07 Å². The Morgan fingerprint density at radius 3 is 2.56 bits per heavy atom. The summed E-state index contributed by atoms with van der Waals surface area (Å²) in [7, 11) is 0. The van der Waals surface area contributed by atoms with Gasteiger partial charge in [0.25, 0.3) is 5.91 Å². The number of hydrogen-bond acceptors (Lipinski definition) is 7. The van der Waals surface area contributed by atoms with Crippen LogP contribution in [0.2, 0.25) is 0 Å². The molecule has 14 heteroatoms. The van der Waals surface area contributed by atoms with Gasteiger partial charge in [0.2, 0.25) is 0 Å². The molecule has 1 saturated heterocycles. The Labute approximate surface area is 201 Å². The molecule has 0 saturated carbocycles. The number of β-amino-alcohol motifs (C(OH)–C–C–N with tert-alkyl or cyclic N) is 1. The highest BCUT2D eigenvalue weighted by Crippen LogP contribution is 2.36. The molecule has 194 valence electrons. The van der Waals surface area contributed by atoms with Crippen LogP contribution in [-0.4, -0.2) is 58.6 Å². The van der Waals surface area contributed by atoms with Crippen molar-refractivity contribution < 1.29 is 36.2 Å². The number of halogens is 6. The van der Waals surface area contributed by atoms with Gasteiger partial charge in [0.1, 0.15) is 12.2 Å². The molecule has 1 fully saturated rings. The van der Waals surface area contributed by atoms with Crippen LogP contribution in [0.25, 0.3) is 5.57 Å². The standard InChI is InChI=1S/C22H22F6N6O2/c1-12-5-15(35)10-34(12)14-6-18(19(31-9-14)22(26,27)28)33-20(36)17-4-2-3-16(32-17)13(7-29)8-30-11-21(23,24)25/h2-4,6-9,12,15,35H,5,10-11,29H2,1H3,(H,33,36)/b13-7+,30-8?. The molecule has 2 aromatic heterocycles. The Morgan fingerprint density at radius 1 is 1.28 bits per heavy atom. The van der Waals surface area contributed by atoms with Crippen LogP contribution in [0.4, 0.5) is 37.7 Å². The number of carbonyl (C=O) groups excluding carboxylic acids is 1. The monoisotopic (exact) mass is 516 g/mol. The number of aliphatic imine (C=N–C) groups is 1. The van der Waals surface area contributed by atoms with Crippen molar-refractivity contribution in [1.82, 2.24) is 9.97 Å². The second-order valence-corrected chi connectivity index (χ2v) is 8.05. The maximum absolute atomic E-state index is 13.6. The second-order valence-electron chi connectivity index (χ2n) is 8.05. The van der Waals surface area contributed by atoms with E-state index in [1.165, 1.54) is 18.2 Å². The van der Waals surface area contributed by atoms with Gasteiger partial charge in [0.05, 0.1) is 29.4 Å². The molecule has 1 aliphatic heterocycles. The Hall–Kier alpha value is -3.68. The van der Waals surface area contributed by atoms with E-state index in [1.54, 1.807) is 11.8 Å². The lowest BCUT2D eigenvalue weighted by Gasteiger charge is -2.24. The van der Waals surface area contributed by atoms with Crippen molar-refractivity contribution >= 4 is 29.1 Å². The Bertz CT molecular complexity index is 1160. The normalized spacial score (nSPS) is 19.2. The van der Waals surface area contributed by atoms with Crippen LogP contribution in [0.3, 0.4) is 0 Å². The maximum atomic E-state index is 13.6. The third kappa shape index (κ3) is 6.71. The fourth-order valence-electron chi connectivity index (χ4n) is 3.64. The van der Waals surface area contributed by atoms with Gasteiger partial charge in [-0.25, -0.2) is 9.97 Å². The molecule has 0 radical (unpaired) electrons. The smallest absolute Gasteiger partial charge is 0.404 e. The van der Waals surface area contributed by atoms with Gasteiger partial charge in [-0.2, -0.15) is 26.3 Å². The summed E-state index contributed by atoms with van der Waals surface area (Å²) in [6.07, 6.45) is -6.86. The van der Waals surface area contributed by atoms with Crippen LogP contribution in [0.15, 0.2) is 41.7 Å². The minimum absolute atomic E-state index is 0.0149. The zero-order chi connectivity index (χ0) is 26.7. The van der Waals surface area contributed by atoms with E-state index in [1.807, 2.05) is 0 Å². The summed E-state index contributed by atoms with van der Waals surface area (Å²) in [6.45, 7) is 0.526. The first-order valence-electron chi connectivity index (χ1n) is 10.6. The highest BCUT2D eigenvalue weighted by atomic mass is 19.4. The zero-order valence-corrected chi connectivity index (χ0v) is 18.8. The van der Waals surface area contributed by atoms with Crippen molar-refractivity contribution in [3.8, 4) is 0 Å². The van der Waals surface area contributed by atoms with Crippen molar-refractivity contribution in [1.29, 1.82) is 0 Å². The van der Waals surface area contributed by atoms with Crippen LogP contribution in [0.5, 0.6) is 0 Å². The molecule has 4 N–H and O–H groups in total. The summed E-state index contributed by atoms with van der Waals surface area (Å²) in [5.41, 5.74) is 3.40. The number of allylic oxidation sites excluding steroid dienone is 1. The molecule has 0 aromatic carbocycles. The Balaban J connectivity index is 1.88. The highest BCUT2D eigenvalue weighted by Gasteiger charge is 2.37. The molecule has 1 amide bonds. The van der Waals surface area contributed by atoms with Crippen molar-refractivity contribution in [3.05, 3.63) is 53.7 Å². The van der Waals surface area contributed by atoms with Gasteiger partial charge in [0, 0.05) is 30.6 Å². The van der Waals surface area contributed by atoms with E-state index >= 15 is 0 Å². The van der Waals surface area contributed by atoms with Gasteiger partial charge < -0.3 is 21.1 Å². The molecule has 3 heterocycles. The quantitative estimate of drug-likeness (QED) is 0.399. The number of amides is 1. The summed E-state index contributed by atoms with van der Waals surface area (Å²) in [5.74, 6) is -1.01. The topological polar surface area (TPSA) is 117 Å². The van der Waals surface area contributed by atoms with E-state index in [9.17, 15) is 36.2 Å². The van der Waals surface area contributed by atoms with Gasteiger partial charge in [0.15, 0.2) is 5.69 Å². The third-order valence-electron chi connectivity index (χ3n) is 5.23. The SMILES string of the molecule is CC1CC(O)CN1c1cnc(C(F)(F)F)c(NC(=O)c2cccc(/C(C=NCC(F)(F)F)=C/N)n2)c1. The third-order valence-corrected chi connectivity index (χ3v) is 5.23. The van der Waals surface area contributed by atoms with Gasteiger partial charge in [-0.15, -0.1) is 0 Å². The zero-order valence-electron chi connectivity index (χ0n) is 18.8. The summed E-state index contributed by atoms with van der Waals surface area (Å²) in [4.78, 5) is 25.2. The molecule has 0 bridgehead atoms. The predicted molar refractivity (Wildman–Crippen MR) is 120 cm³/mol. The molecule has 1 aliphatic rings. The van der Waals surface area contributed by atoms with E-state index in [-0.39, 0.29) is 35.2 Å². The Kier molecular flexibility index (Phi) is 7.86. The highest BCUT2D eigenvalue weighted by molar-refractivity contribution is 6.09. The minimum atomic E-state index is -4.88. The number of nitrogens with zero attached hydrogens (tertiary/aromatic N) is 4. The number of anilines is 2. The number of carbonyl (C=O) groups is 1. The molecule has 3 rings (SSSR count). The first-order chi connectivity index (χ1) is 16.8. The number of rotatable bonds is 6. The fraction of sp³-hybridized carbons (Fsp3) is 0.364. The number of nitrogens with one attached hydrogen (secondary N) is 1. The minimum Gasteiger partial charge on any atom is -0.404 e. The van der Waals surface area contributed by atoms with Crippen LogP contribution in [0.1, 0.15) is 35.2 Å². The molecular formula is C22H22F6N6O2. The van der Waals surface area contributed by atoms with E-state index < -0.39 is 42.3 Å². The largest absolute Gasteiger partial charge is 0.435 e. The average Bonchev–Trinajstić information content (AvgIpc) is 3.13. The molecule has 0 aliphatic carbocycles. The number of alkyl halides is 6. The molecule has 2 aromatic rings. The van der Waals surface area contributed by atoms with Crippen LogP contribution in [-0.2, 0) is 6.18 Å². The molecule has 8 nitrogen and oxygen atoms in total. The van der Waals surface area contributed by atoms with Crippen LogP contribution < -0.4 is 16.0 Å². The van der Waals surface area contributed by atoms with E-state index in [4.69, 9.17) is 5.73 Å². The summed E-state index contributed by atoms with van der Waals surface area (Å²) < 4.78 is 77.7. The summed E-state index contributed by atoms with van der Waals surface area (Å²) >= 11 is 0. The number of pyridine rings is 2. The number of hydrogen-bond donors (Lipinski definition) is 3. The molecule has 0 spiro atoms. The first-order valence-corrected chi connectivity index (χ1v) is 10.6. The first kappa shape index (κ1) is 26.9. The predicted octanol–water partition coefficient (Wildman–Crippen LogP) is 3.64. The molecule has 36 heavy (non-hydrogen) atoms. The number of aliphatic hydroxyl groups is 1. The van der Waals surface area contributed by atoms with Gasteiger partial charge in [-0.05, 0) is 31.5 Å². The van der Waals surface area contributed by atoms with E-state index in [2.05, 4.69) is 20.3 Å². The number of aliphatic hydroxyl groups excluding tert-OH is 1. The average molecular weight is 516 g/mol. The van der Waals surface area contributed by atoms with Crippen molar-refractivity contribution in [2.24, 2.45) is 10.7 Å². The lowest BCUT2D eigenvalue weighted by Crippen LogP contribution is -2.28. The van der Waals surface area contributed by atoms with Gasteiger partial charge in [-0.3, -0.25) is 9.79 Å². The van der Waals surface area contributed by atoms with Crippen molar-refractivity contribution in [2.45, 2.75) is 37.8 Å². The van der Waals surface area contributed by atoms with Crippen LogP contribution in [0, 0.1) is 0 Å². The molecule has 2 atom stereocenters.